The molecule has 4 aromatic rings. The van der Waals surface area contributed by atoms with E-state index in [9.17, 15) is 14.2 Å². The third-order valence-corrected chi connectivity index (χ3v) is 7.92. The van der Waals surface area contributed by atoms with Gasteiger partial charge >= 0.3 is 7.60 Å². The fraction of sp³-hybridized carbons (Fsp3) is 0.212. The molecule has 0 atom stereocenters. The fourth-order valence-corrected chi connectivity index (χ4v) is 5.36. The molecule has 0 aliphatic heterocycles. The molecule has 0 unspecified atom stereocenters. The summed E-state index contributed by atoms with van der Waals surface area (Å²) in [6, 6.07) is 29.4. The van der Waals surface area contributed by atoms with Crippen LogP contribution >= 0.6 is 7.60 Å². The Balaban J connectivity index is 1.47. The highest BCUT2D eigenvalue weighted by Gasteiger charge is 2.23. The van der Waals surface area contributed by atoms with E-state index >= 15 is 0 Å². The van der Waals surface area contributed by atoms with Crippen LogP contribution in [0.25, 0.3) is 0 Å². The summed E-state index contributed by atoms with van der Waals surface area (Å²) < 4.78 is 24.7. The normalized spacial score (nSPS) is 11.4. The van der Waals surface area contributed by atoms with Crippen LogP contribution in [0.4, 0.5) is 0 Å². The van der Waals surface area contributed by atoms with Gasteiger partial charge in [-0.15, -0.1) is 0 Å². The van der Waals surface area contributed by atoms with Gasteiger partial charge in [0.05, 0.1) is 13.2 Å². The molecule has 0 aliphatic rings. The third kappa shape index (κ3) is 6.88. The molecule has 0 fully saturated rings. The Morgan fingerprint density at radius 3 is 1.15 bits per heavy atom. The van der Waals surface area contributed by atoms with Crippen LogP contribution in [0.1, 0.15) is 67.9 Å². The molecular weight excluding hydrogens is 507 g/mol. The minimum atomic E-state index is -3.52. The molecule has 0 saturated carbocycles. The Morgan fingerprint density at radius 1 is 0.538 bits per heavy atom. The second-order valence-corrected chi connectivity index (χ2v) is 11.4. The predicted molar refractivity (Wildman–Crippen MR) is 154 cm³/mol. The monoisotopic (exact) mass is 540 g/mol. The molecule has 0 aromatic heterocycles. The maximum Gasteiger partial charge on any atom is 0.328 e. The number of benzene rings is 4. The van der Waals surface area contributed by atoms with E-state index in [4.69, 9.17) is 9.05 Å². The molecule has 0 bridgehead atoms. The molecule has 0 N–H and O–H groups in total. The van der Waals surface area contributed by atoms with Crippen molar-refractivity contribution in [2.24, 2.45) is 0 Å². The second-order valence-electron chi connectivity index (χ2n) is 9.31. The van der Waals surface area contributed by atoms with E-state index < -0.39 is 7.60 Å². The third-order valence-electron chi connectivity index (χ3n) is 6.72. The molecule has 4 aromatic carbocycles. The molecule has 0 aliphatic carbocycles. The van der Waals surface area contributed by atoms with Crippen LogP contribution in [-0.2, 0) is 39.7 Å². The first-order valence-electron chi connectivity index (χ1n) is 13.1. The van der Waals surface area contributed by atoms with Crippen molar-refractivity contribution in [1.29, 1.82) is 0 Å². The van der Waals surface area contributed by atoms with Crippen molar-refractivity contribution >= 4 is 19.2 Å². The lowest BCUT2D eigenvalue weighted by atomic mass is 9.94. The molecule has 0 amide bonds. The van der Waals surface area contributed by atoms with Gasteiger partial charge in [-0.05, 0) is 35.1 Å². The Labute approximate surface area is 230 Å². The summed E-state index contributed by atoms with van der Waals surface area (Å²) in [6.07, 6.45) is 1.49. The molecule has 4 rings (SSSR count). The zero-order valence-corrected chi connectivity index (χ0v) is 23.4. The van der Waals surface area contributed by atoms with Crippen LogP contribution in [0.2, 0.25) is 0 Å². The first-order chi connectivity index (χ1) is 18.8. The smallest absolute Gasteiger partial charge is 0.304 e. The van der Waals surface area contributed by atoms with Crippen molar-refractivity contribution < 1.29 is 23.2 Å². The van der Waals surface area contributed by atoms with Crippen LogP contribution in [-0.4, -0.2) is 18.2 Å². The van der Waals surface area contributed by atoms with Crippen LogP contribution in [0.5, 0.6) is 0 Å². The quantitative estimate of drug-likeness (QED) is 0.135. The second kappa shape index (κ2) is 12.9. The van der Waals surface area contributed by atoms with Crippen LogP contribution < -0.4 is 0 Å². The number of hydrogen-bond acceptors (Lipinski definition) is 5. The Kier molecular flexibility index (Phi) is 9.42. The van der Waals surface area contributed by atoms with Gasteiger partial charge in [0, 0.05) is 28.9 Å². The van der Waals surface area contributed by atoms with Crippen molar-refractivity contribution in [3.63, 3.8) is 0 Å². The van der Waals surface area contributed by atoms with Gasteiger partial charge in [-0.3, -0.25) is 14.2 Å². The summed E-state index contributed by atoms with van der Waals surface area (Å²) in [7, 11) is -3.52. The van der Waals surface area contributed by atoms with E-state index in [1.807, 2.05) is 74.5 Å². The van der Waals surface area contributed by atoms with E-state index in [-0.39, 0.29) is 24.8 Å². The Morgan fingerprint density at radius 2 is 0.821 bits per heavy atom. The summed E-state index contributed by atoms with van der Waals surface area (Å²) >= 11 is 0. The van der Waals surface area contributed by atoms with Gasteiger partial charge in [0.2, 0.25) is 0 Å². The molecule has 0 saturated heterocycles. The van der Waals surface area contributed by atoms with Gasteiger partial charge in [0.15, 0.2) is 11.6 Å². The molecular formula is C33H33O5P. The average Bonchev–Trinajstić information content (AvgIpc) is 2.98. The number of hydrogen-bond donors (Lipinski definition) is 0. The predicted octanol–water partition coefficient (Wildman–Crippen LogP) is 7.83. The van der Waals surface area contributed by atoms with Crippen molar-refractivity contribution in [2.45, 2.75) is 39.9 Å². The van der Waals surface area contributed by atoms with Crippen LogP contribution in [0, 0.1) is 0 Å². The number of rotatable bonds is 12. The summed E-state index contributed by atoms with van der Waals surface area (Å²) in [5.41, 5.74) is 5.50. The Bertz CT molecular complexity index is 1410. The van der Waals surface area contributed by atoms with Gasteiger partial charge in [-0.1, -0.05) is 111 Å². The standard InChI is InChI=1S/C33H33O5P/c1-4-24-14-6-10-18-28(24)32(34)30-20-12-8-16-26(30)22-37-39(3,36)38-23-27-17-9-13-21-31(27)33(35)29-19-11-7-15-25(29)5-2/h6-21H,4-5,22-23H2,1-3H3. The van der Waals surface area contributed by atoms with E-state index in [1.165, 1.54) is 6.66 Å². The summed E-state index contributed by atoms with van der Waals surface area (Å²) in [5.74, 6) is -0.198. The van der Waals surface area contributed by atoms with Crippen LogP contribution in [0.3, 0.4) is 0 Å². The molecule has 6 heteroatoms. The van der Waals surface area contributed by atoms with Crippen molar-refractivity contribution in [3.8, 4) is 0 Å². The molecule has 0 spiro atoms. The number of aryl methyl sites for hydroxylation is 2. The minimum Gasteiger partial charge on any atom is -0.304 e. The summed E-state index contributed by atoms with van der Waals surface area (Å²) in [6.45, 7) is 5.34. The van der Waals surface area contributed by atoms with Crippen molar-refractivity contribution in [3.05, 3.63) is 142 Å². The first kappa shape index (κ1) is 28.4. The van der Waals surface area contributed by atoms with Gasteiger partial charge < -0.3 is 9.05 Å². The highest BCUT2D eigenvalue weighted by Crippen LogP contribution is 2.46. The number of ketones is 2. The van der Waals surface area contributed by atoms with E-state index in [2.05, 4.69) is 0 Å². The summed E-state index contributed by atoms with van der Waals surface area (Å²) in [4.78, 5) is 26.7. The van der Waals surface area contributed by atoms with Gasteiger partial charge in [-0.25, -0.2) is 0 Å². The average molecular weight is 541 g/mol. The van der Waals surface area contributed by atoms with Crippen molar-refractivity contribution in [2.75, 3.05) is 6.66 Å². The zero-order chi connectivity index (χ0) is 27.8. The fourth-order valence-electron chi connectivity index (χ4n) is 4.54. The molecule has 0 radical (unpaired) electrons. The lowest BCUT2D eigenvalue weighted by Crippen LogP contribution is -2.10. The first-order valence-corrected chi connectivity index (χ1v) is 15.1. The number of carbonyl (C=O) groups excluding carboxylic acids is 2. The highest BCUT2D eigenvalue weighted by atomic mass is 31.2. The molecule has 0 heterocycles. The van der Waals surface area contributed by atoms with Gasteiger partial charge in [0.1, 0.15) is 0 Å². The molecule has 200 valence electrons. The topological polar surface area (TPSA) is 69.7 Å². The van der Waals surface area contributed by atoms with E-state index in [0.29, 0.717) is 33.4 Å². The molecule has 5 nitrogen and oxygen atoms in total. The van der Waals surface area contributed by atoms with Gasteiger partial charge in [-0.2, -0.15) is 0 Å². The number of carbonyl (C=O) groups is 2. The van der Waals surface area contributed by atoms with Crippen molar-refractivity contribution in [1.82, 2.24) is 0 Å². The van der Waals surface area contributed by atoms with Crippen LogP contribution in [0.15, 0.2) is 97.1 Å². The maximum atomic E-state index is 13.4. The molecule has 39 heavy (non-hydrogen) atoms. The lowest BCUT2D eigenvalue weighted by molar-refractivity contribution is 0.102. The highest BCUT2D eigenvalue weighted by molar-refractivity contribution is 7.52. The zero-order valence-electron chi connectivity index (χ0n) is 22.6. The summed E-state index contributed by atoms with van der Waals surface area (Å²) in [5, 5.41) is 0. The lowest BCUT2D eigenvalue weighted by Gasteiger charge is -2.17. The minimum absolute atomic E-state index is 0.0472. The Hall–Kier alpha value is -3.63. The largest absolute Gasteiger partial charge is 0.328 e. The SMILES string of the molecule is CCc1ccccc1C(=O)c1ccccc1COP(C)(=O)OCc1ccccc1C(=O)c1ccccc1CC. The van der Waals surface area contributed by atoms with Gasteiger partial charge in [0.25, 0.3) is 0 Å². The maximum absolute atomic E-state index is 13.4. The van der Waals surface area contributed by atoms with E-state index in [0.717, 1.165) is 24.0 Å². The van der Waals surface area contributed by atoms with E-state index in [1.54, 1.807) is 36.4 Å².